The minimum atomic E-state index is -0.189. The third kappa shape index (κ3) is 3.51. The van der Waals surface area contributed by atoms with Crippen molar-refractivity contribution in [1.82, 2.24) is 14.9 Å². The topological polar surface area (TPSA) is 77.7 Å². The van der Waals surface area contributed by atoms with Crippen LogP contribution in [0.1, 0.15) is 29.6 Å². The average Bonchev–Trinajstić information content (AvgIpc) is 3.15. The molecule has 0 bridgehead atoms. The van der Waals surface area contributed by atoms with E-state index in [0.717, 1.165) is 25.9 Å². The van der Waals surface area contributed by atoms with Gasteiger partial charge < -0.3 is 18.8 Å². The predicted octanol–water partition coefficient (Wildman–Crippen LogP) is 2.16. The molecule has 1 spiro atoms. The zero-order valence-electron chi connectivity index (χ0n) is 14.0. The lowest BCUT2D eigenvalue weighted by molar-refractivity contribution is -0.166. The molecule has 4 rings (SSSR count). The summed E-state index contributed by atoms with van der Waals surface area (Å²) in [4.78, 5) is 22.2. The van der Waals surface area contributed by atoms with Gasteiger partial charge in [0, 0.05) is 19.0 Å². The van der Waals surface area contributed by atoms with Gasteiger partial charge in [0.1, 0.15) is 11.9 Å². The van der Waals surface area contributed by atoms with Crippen LogP contribution in [0.3, 0.4) is 0 Å². The molecule has 1 amide bonds. The Morgan fingerprint density at radius 1 is 1.36 bits per heavy atom. The Labute approximate surface area is 146 Å². The number of ether oxygens (including phenoxy) is 2. The first-order valence-electron chi connectivity index (χ1n) is 8.59. The Balaban J connectivity index is 1.25. The molecule has 7 nitrogen and oxygen atoms in total. The molecule has 0 unspecified atom stereocenters. The number of aromatic nitrogens is 2. The van der Waals surface area contributed by atoms with Crippen molar-refractivity contribution in [1.29, 1.82) is 0 Å². The maximum Gasteiger partial charge on any atom is 0.316 e. The summed E-state index contributed by atoms with van der Waals surface area (Å²) in [5, 5.41) is 0. The summed E-state index contributed by atoms with van der Waals surface area (Å²) in [5.41, 5.74) is 0.407. The zero-order valence-corrected chi connectivity index (χ0v) is 14.0. The first-order valence-corrected chi connectivity index (χ1v) is 8.59. The number of carbonyl (C=O) groups excluding carboxylic acids is 1. The third-order valence-corrected chi connectivity index (χ3v) is 4.91. The van der Waals surface area contributed by atoms with Crippen LogP contribution in [0.25, 0.3) is 0 Å². The van der Waals surface area contributed by atoms with Crippen LogP contribution in [-0.4, -0.2) is 52.7 Å². The molecule has 2 saturated heterocycles. The van der Waals surface area contributed by atoms with Crippen LogP contribution < -0.4 is 4.74 Å². The smallest absolute Gasteiger partial charge is 0.316 e. The highest BCUT2D eigenvalue weighted by Crippen LogP contribution is 2.38. The van der Waals surface area contributed by atoms with Crippen molar-refractivity contribution >= 4 is 5.91 Å². The van der Waals surface area contributed by atoms with Crippen molar-refractivity contribution < 1.29 is 18.7 Å². The van der Waals surface area contributed by atoms with Gasteiger partial charge in [0.05, 0.1) is 31.5 Å². The second-order valence-corrected chi connectivity index (χ2v) is 6.73. The van der Waals surface area contributed by atoms with Gasteiger partial charge in [-0.1, -0.05) is 0 Å². The van der Waals surface area contributed by atoms with Crippen LogP contribution in [0, 0.1) is 5.92 Å². The Hall–Kier alpha value is -2.41. The third-order valence-electron chi connectivity index (χ3n) is 4.91. The molecular weight excluding hydrogens is 322 g/mol. The van der Waals surface area contributed by atoms with Crippen molar-refractivity contribution in [2.24, 2.45) is 5.92 Å². The lowest BCUT2D eigenvalue weighted by atomic mass is 9.79. The van der Waals surface area contributed by atoms with E-state index in [2.05, 4.69) is 9.97 Å². The SMILES string of the molecule is O=C(c1ccoc1)N1CC2(C[C@H](CCOc3ncccn3)CCO2)C1. The van der Waals surface area contributed by atoms with Crippen molar-refractivity contribution in [3.63, 3.8) is 0 Å². The number of nitrogens with zero attached hydrogens (tertiary/aromatic N) is 3. The highest BCUT2D eigenvalue weighted by Gasteiger charge is 2.49. The summed E-state index contributed by atoms with van der Waals surface area (Å²) in [6, 6.07) is 3.88. The fourth-order valence-corrected chi connectivity index (χ4v) is 3.63. The van der Waals surface area contributed by atoms with Gasteiger partial charge in [0.2, 0.25) is 0 Å². The lowest BCUT2D eigenvalue weighted by Crippen LogP contribution is -2.66. The van der Waals surface area contributed by atoms with E-state index in [1.807, 2.05) is 4.90 Å². The quantitative estimate of drug-likeness (QED) is 0.828. The van der Waals surface area contributed by atoms with Gasteiger partial charge in [-0.05, 0) is 37.3 Å². The summed E-state index contributed by atoms with van der Waals surface area (Å²) in [6.45, 7) is 2.63. The maximum absolute atomic E-state index is 12.3. The molecule has 2 aromatic heterocycles. The van der Waals surface area contributed by atoms with Crippen molar-refractivity contribution in [3.8, 4) is 6.01 Å². The fourth-order valence-electron chi connectivity index (χ4n) is 3.63. The molecule has 0 radical (unpaired) electrons. The largest absolute Gasteiger partial charge is 0.472 e. The van der Waals surface area contributed by atoms with E-state index in [0.29, 0.717) is 37.2 Å². The second kappa shape index (κ2) is 6.84. The number of amides is 1. The molecule has 2 fully saturated rings. The van der Waals surface area contributed by atoms with E-state index in [-0.39, 0.29) is 11.5 Å². The van der Waals surface area contributed by atoms with Crippen LogP contribution >= 0.6 is 0 Å². The van der Waals surface area contributed by atoms with Crippen LogP contribution in [0.5, 0.6) is 6.01 Å². The van der Waals surface area contributed by atoms with Crippen molar-refractivity contribution in [2.75, 3.05) is 26.3 Å². The van der Waals surface area contributed by atoms with Gasteiger partial charge >= 0.3 is 6.01 Å². The van der Waals surface area contributed by atoms with Crippen LogP contribution in [0.15, 0.2) is 41.5 Å². The summed E-state index contributed by atoms with van der Waals surface area (Å²) in [6.07, 6.45) is 9.28. The van der Waals surface area contributed by atoms with E-state index in [1.54, 1.807) is 24.5 Å². The minimum absolute atomic E-state index is 0.00894. The first-order chi connectivity index (χ1) is 12.2. The Morgan fingerprint density at radius 2 is 2.20 bits per heavy atom. The van der Waals surface area contributed by atoms with Gasteiger partial charge in [-0.2, -0.15) is 0 Å². The molecule has 0 N–H and O–H groups in total. The van der Waals surface area contributed by atoms with Gasteiger partial charge in [0.25, 0.3) is 5.91 Å². The van der Waals surface area contributed by atoms with E-state index in [1.165, 1.54) is 12.5 Å². The van der Waals surface area contributed by atoms with Gasteiger partial charge in [0.15, 0.2) is 0 Å². The molecule has 0 aromatic carbocycles. The number of hydrogen-bond acceptors (Lipinski definition) is 6. The zero-order chi connectivity index (χ0) is 17.1. The monoisotopic (exact) mass is 343 g/mol. The summed E-state index contributed by atoms with van der Waals surface area (Å²) in [7, 11) is 0. The summed E-state index contributed by atoms with van der Waals surface area (Å²) >= 11 is 0. The van der Waals surface area contributed by atoms with E-state index in [9.17, 15) is 4.79 Å². The number of furan rings is 1. The van der Waals surface area contributed by atoms with Crippen LogP contribution in [0.2, 0.25) is 0 Å². The van der Waals surface area contributed by atoms with Gasteiger partial charge in [-0.25, -0.2) is 9.97 Å². The minimum Gasteiger partial charge on any atom is -0.472 e. The van der Waals surface area contributed by atoms with Gasteiger partial charge in [-0.3, -0.25) is 4.79 Å². The lowest BCUT2D eigenvalue weighted by Gasteiger charge is -2.53. The molecule has 2 aliphatic heterocycles. The number of rotatable bonds is 5. The van der Waals surface area contributed by atoms with Crippen LogP contribution in [0.4, 0.5) is 0 Å². The molecule has 0 aliphatic carbocycles. The maximum atomic E-state index is 12.3. The Bertz CT molecular complexity index is 698. The number of carbonyl (C=O) groups is 1. The Kier molecular flexibility index (Phi) is 4.40. The van der Waals surface area contributed by atoms with Crippen molar-refractivity contribution in [2.45, 2.75) is 24.9 Å². The highest BCUT2D eigenvalue weighted by molar-refractivity contribution is 5.94. The molecule has 2 aliphatic rings. The standard InChI is InChI=1S/C18H21N3O4/c22-16(15-4-7-23-11-15)21-12-18(13-21)10-14(3-9-25-18)2-8-24-17-19-5-1-6-20-17/h1,4-7,11,14H,2-3,8-10,12-13H2/t14-/m1/s1. The van der Waals surface area contributed by atoms with Crippen LogP contribution in [-0.2, 0) is 4.74 Å². The molecule has 7 heteroatoms. The van der Waals surface area contributed by atoms with E-state index < -0.39 is 0 Å². The average molecular weight is 343 g/mol. The number of likely N-dealkylation sites (tertiary alicyclic amines) is 1. The van der Waals surface area contributed by atoms with Crippen molar-refractivity contribution in [3.05, 3.63) is 42.6 Å². The van der Waals surface area contributed by atoms with Gasteiger partial charge in [-0.15, -0.1) is 0 Å². The normalized spacial score (nSPS) is 21.8. The molecule has 1 atom stereocenters. The molecule has 0 saturated carbocycles. The highest BCUT2D eigenvalue weighted by atomic mass is 16.5. The number of hydrogen-bond donors (Lipinski definition) is 0. The summed E-state index contributed by atoms with van der Waals surface area (Å²) < 4.78 is 16.6. The summed E-state index contributed by atoms with van der Waals surface area (Å²) in [5.74, 6) is 0.540. The fraction of sp³-hybridized carbons (Fsp3) is 0.500. The predicted molar refractivity (Wildman–Crippen MR) is 88.2 cm³/mol. The molecule has 4 heterocycles. The second-order valence-electron chi connectivity index (χ2n) is 6.73. The Morgan fingerprint density at radius 3 is 2.96 bits per heavy atom. The molecule has 132 valence electrons. The molecule has 25 heavy (non-hydrogen) atoms. The first kappa shape index (κ1) is 16.1. The van der Waals surface area contributed by atoms with E-state index in [4.69, 9.17) is 13.9 Å². The molecular formula is C18H21N3O4. The van der Waals surface area contributed by atoms with E-state index >= 15 is 0 Å². The molecule has 2 aromatic rings.